The van der Waals surface area contributed by atoms with Crippen molar-refractivity contribution in [2.75, 3.05) is 13.2 Å². The summed E-state index contributed by atoms with van der Waals surface area (Å²) in [6.07, 6.45) is 3.56. The highest BCUT2D eigenvalue weighted by atomic mass is 16.3. The first-order valence-electron chi connectivity index (χ1n) is 8.51. The average molecular weight is 307 g/mol. The summed E-state index contributed by atoms with van der Waals surface area (Å²) in [5, 5.41) is 12.7. The number of quaternary nitrogens is 1. The van der Waals surface area contributed by atoms with Crippen LogP contribution in [0.5, 0.6) is 0 Å². The Morgan fingerprint density at radius 3 is 2.78 bits per heavy atom. The summed E-state index contributed by atoms with van der Waals surface area (Å²) in [4.78, 5) is 3.64. The van der Waals surface area contributed by atoms with E-state index in [0.717, 1.165) is 13.0 Å². The Balaban J connectivity index is 1.77. The van der Waals surface area contributed by atoms with Crippen LogP contribution in [0.4, 0.5) is 0 Å². The van der Waals surface area contributed by atoms with Crippen molar-refractivity contribution in [2.24, 2.45) is 0 Å². The largest absolute Gasteiger partial charge is 0.391 e. The van der Waals surface area contributed by atoms with Gasteiger partial charge < -0.3 is 15.4 Å². The third kappa shape index (κ3) is 2.67. The number of hydrogen-bond acceptors (Lipinski definition) is 1. The molecule has 4 N–H and O–H groups in total. The molecule has 1 heterocycles. The van der Waals surface area contributed by atoms with Crippen LogP contribution in [-0.4, -0.2) is 23.2 Å². The van der Waals surface area contributed by atoms with Gasteiger partial charge in [0.2, 0.25) is 0 Å². The number of nitrogens with two attached hydrogens (primary N) is 1. The zero-order valence-electron chi connectivity index (χ0n) is 13.3. The molecule has 0 unspecified atom stereocenters. The van der Waals surface area contributed by atoms with Crippen LogP contribution in [0, 0.1) is 0 Å². The second-order valence-corrected chi connectivity index (χ2v) is 6.39. The summed E-state index contributed by atoms with van der Waals surface area (Å²) in [5.41, 5.74) is 6.62. The maximum Gasteiger partial charge on any atom is 0.127 e. The summed E-state index contributed by atoms with van der Waals surface area (Å²) >= 11 is 0. The standard InChI is InChI=1S/C20H22N2O/c23-12-11-21-19-8-4-7-16-17-13-15(14-5-2-1-3-6-14)9-10-18(17)22-20(16)19/h1-3,5-6,9-10,13,19,21-23H,4,7-8,11-12H2/p+1/t19-/m1/s1. The second kappa shape index (κ2) is 6.19. The molecule has 0 spiro atoms. The molecular formula is C20H23N2O+. The summed E-state index contributed by atoms with van der Waals surface area (Å²) in [6.45, 7) is 1.01. The molecule has 3 aromatic rings. The predicted octanol–water partition coefficient (Wildman–Crippen LogP) is 2.77. The van der Waals surface area contributed by atoms with Crippen molar-refractivity contribution in [1.29, 1.82) is 0 Å². The van der Waals surface area contributed by atoms with E-state index < -0.39 is 0 Å². The van der Waals surface area contributed by atoms with Gasteiger partial charge in [-0.3, -0.25) is 0 Å². The molecule has 0 aliphatic heterocycles. The number of H-pyrrole nitrogens is 1. The highest BCUT2D eigenvalue weighted by Gasteiger charge is 2.26. The number of aliphatic hydroxyl groups excluding tert-OH is 1. The van der Waals surface area contributed by atoms with Crippen LogP contribution in [0.25, 0.3) is 22.0 Å². The zero-order valence-corrected chi connectivity index (χ0v) is 13.3. The Morgan fingerprint density at radius 1 is 1.09 bits per heavy atom. The zero-order chi connectivity index (χ0) is 15.6. The Hall–Kier alpha value is -2.10. The van der Waals surface area contributed by atoms with Crippen LogP contribution < -0.4 is 5.32 Å². The van der Waals surface area contributed by atoms with E-state index >= 15 is 0 Å². The van der Waals surface area contributed by atoms with Crippen molar-refractivity contribution in [3.63, 3.8) is 0 Å². The van der Waals surface area contributed by atoms with Gasteiger partial charge in [0.1, 0.15) is 6.04 Å². The molecule has 1 aromatic heterocycles. The van der Waals surface area contributed by atoms with Crippen molar-refractivity contribution >= 4 is 10.9 Å². The molecule has 4 rings (SSSR count). The lowest BCUT2D eigenvalue weighted by Crippen LogP contribution is -2.86. The van der Waals surface area contributed by atoms with Gasteiger partial charge in [-0.05, 0) is 41.7 Å². The van der Waals surface area contributed by atoms with Crippen molar-refractivity contribution in [3.8, 4) is 11.1 Å². The molecule has 1 atom stereocenters. The number of aromatic amines is 1. The smallest absolute Gasteiger partial charge is 0.127 e. The maximum absolute atomic E-state index is 9.11. The third-order valence-electron chi connectivity index (χ3n) is 4.94. The van der Waals surface area contributed by atoms with Crippen LogP contribution in [0.2, 0.25) is 0 Å². The quantitative estimate of drug-likeness (QED) is 0.682. The molecule has 0 saturated heterocycles. The van der Waals surface area contributed by atoms with Gasteiger partial charge in [0, 0.05) is 17.3 Å². The van der Waals surface area contributed by atoms with Crippen LogP contribution >= 0.6 is 0 Å². The summed E-state index contributed by atoms with van der Waals surface area (Å²) < 4.78 is 0. The molecule has 3 nitrogen and oxygen atoms in total. The predicted molar refractivity (Wildman–Crippen MR) is 93.3 cm³/mol. The van der Waals surface area contributed by atoms with Gasteiger partial charge in [-0.1, -0.05) is 36.4 Å². The summed E-state index contributed by atoms with van der Waals surface area (Å²) in [5.74, 6) is 0. The molecule has 0 bridgehead atoms. The number of hydrogen-bond donors (Lipinski definition) is 3. The van der Waals surface area contributed by atoms with Crippen LogP contribution in [0.1, 0.15) is 30.1 Å². The van der Waals surface area contributed by atoms with E-state index in [-0.39, 0.29) is 6.61 Å². The number of benzene rings is 2. The number of rotatable bonds is 4. The summed E-state index contributed by atoms with van der Waals surface area (Å²) in [6, 6.07) is 17.8. The van der Waals surface area contributed by atoms with Gasteiger partial charge in [0.05, 0.1) is 18.8 Å². The Kier molecular flexibility index (Phi) is 3.90. The highest BCUT2D eigenvalue weighted by molar-refractivity contribution is 5.89. The normalized spacial score (nSPS) is 17.3. The van der Waals surface area contributed by atoms with Gasteiger partial charge >= 0.3 is 0 Å². The number of nitrogens with one attached hydrogen (secondary N) is 1. The molecule has 0 amide bonds. The lowest BCUT2D eigenvalue weighted by Gasteiger charge is -2.20. The van der Waals surface area contributed by atoms with E-state index in [9.17, 15) is 0 Å². The van der Waals surface area contributed by atoms with E-state index in [1.54, 1.807) is 0 Å². The Labute approximate surface area is 136 Å². The van der Waals surface area contributed by atoms with Crippen LogP contribution in [-0.2, 0) is 6.42 Å². The fourth-order valence-electron chi connectivity index (χ4n) is 3.82. The van der Waals surface area contributed by atoms with Crippen molar-refractivity contribution < 1.29 is 10.4 Å². The average Bonchev–Trinajstić information content (AvgIpc) is 2.99. The lowest BCUT2D eigenvalue weighted by atomic mass is 9.91. The van der Waals surface area contributed by atoms with Gasteiger partial charge in [0.25, 0.3) is 0 Å². The topological polar surface area (TPSA) is 52.6 Å². The maximum atomic E-state index is 9.11. The molecule has 2 aromatic carbocycles. The first kappa shape index (κ1) is 14.5. The number of aliphatic hydroxyl groups is 1. The molecule has 0 radical (unpaired) electrons. The number of aryl methyl sites for hydroxylation is 1. The van der Waals surface area contributed by atoms with Crippen molar-refractivity contribution in [1.82, 2.24) is 4.98 Å². The monoisotopic (exact) mass is 307 g/mol. The number of aromatic nitrogens is 1. The van der Waals surface area contributed by atoms with Crippen LogP contribution in [0.3, 0.4) is 0 Å². The van der Waals surface area contributed by atoms with Gasteiger partial charge in [-0.25, -0.2) is 0 Å². The molecule has 1 aliphatic rings. The van der Waals surface area contributed by atoms with Gasteiger partial charge in [0.15, 0.2) is 0 Å². The molecule has 23 heavy (non-hydrogen) atoms. The fourth-order valence-corrected chi connectivity index (χ4v) is 3.82. The van der Waals surface area contributed by atoms with E-state index in [2.05, 4.69) is 58.8 Å². The van der Waals surface area contributed by atoms with E-state index in [1.165, 1.54) is 46.1 Å². The molecule has 118 valence electrons. The van der Waals surface area contributed by atoms with E-state index in [4.69, 9.17) is 5.11 Å². The molecule has 1 aliphatic carbocycles. The fraction of sp³-hybridized carbons (Fsp3) is 0.300. The van der Waals surface area contributed by atoms with Gasteiger partial charge in [-0.2, -0.15) is 0 Å². The number of fused-ring (bicyclic) bond motifs is 3. The molecular weight excluding hydrogens is 284 g/mol. The SMILES string of the molecule is OCC[NH2+][C@@H]1CCCc2c1[nH]c1ccc(-c3ccccc3)cc21. The Bertz CT molecular complexity index is 807. The molecule has 0 fully saturated rings. The first-order chi connectivity index (χ1) is 11.4. The molecule has 0 saturated carbocycles. The minimum atomic E-state index is 0.240. The van der Waals surface area contributed by atoms with Crippen molar-refractivity contribution in [3.05, 3.63) is 59.8 Å². The third-order valence-corrected chi connectivity index (χ3v) is 4.94. The Morgan fingerprint density at radius 2 is 1.96 bits per heavy atom. The van der Waals surface area contributed by atoms with Gasteiger partial charge in [-0.15, -0.1) is 0 Å². The minimum Gasteiger partial charge on any atom is -0.391 e. The lowest BCUT2D eigenvalue weighted by molar-refractivity contribution is -0.698. The van der Waals surface area contributed by atoms with Crippen molar-refractivity contribution in [2.45, 2.75) is 25.3 Å². The molecule has 3 heteroatoms. The second-order valence-electron chi connectivity index (χ2n) is 6.39. The minimum absolute atomic E-state index is 0.240. The summed E-state index contributed by atoms with van der Waals surface area (Å²) in [7, 11) is 0. The first-order valence-corrected chi connectivity index (χ1v) is 8.51. The van der Waals surface area contributed by atoms with E-state index in [0.29, 0.717) is 6.04 Å². The van der Waals surface area contributed by atoms with E-state index in [1.807, 2.05) is 0 Å². The highest BCUT2D eigenvalue weighted by Crippen LogP contribution is 2.35. The van der Waals surface area contributed by atoms with Crippen LogP contribution in [0.15, 0.2) is 48.5 Å².